The van der Waals surface area contributed by atoms with Gasteiger partial charge in [0.1, 0.15) is 0 Å². The number of allylic oxidation sites excluding steroid dienone is 4. The van der Waals surface area contributed by atoms with E-state index in [1.54, 1.807) is 0 Å². The molecule has 6 aliphatic rings. The third-order valence-electron chi connectivity index (χ3n) is 14.5. The summed E-state index contributed by atoms with van der Waals surface area (Å²) in [6, 6.07) is 34.3. The van der Waals surface area contributed by atoms with Crippen molar-refractivity contribution in [3.8, 4) is 0 Å². The van der Waals surface area contributed by atoms with Gasteiger partial charge in [0, 0.05) is 24.3 Å². The Labute approximate surface area is 387 Å². The highest BCUT2D eigenvalue weighted by atomic mass is 31.2. The molecule has 66 heavy (non-hydrogen) atoms. The molecule has 0 amide bonds. The van der Waals surface area contributed by atoms with Gasteiger partial charge in [0.05, 0.1) is 63.8 Å². The molecule has 0 unspecified atom stereocenters. The van der Waals surface area contributed by atoms with Crippen molar-refractivity contribution in [2.24, 2.45) is 0 Å². The van der Waals surface area contributed by atoms with E-state index in [1.165, 1.54) is 112 Å². The van der Waals surface area contributed by atoms with E-state index in [4.69, 9.17) is 9.05 Å². The zero-order valence-corrected chi connectivity index (χ0v) is 40.4. The van der Waals surface area contributed by atoms with E-state index < -0.39 is 13.5 Å². The van der Waals surface area contributed by atoms with Gasteiger partial charge in [-0.25, -0.2) is 0 Å². The third-order valence-corrected chi connectivity index (χ3v) is 16.6. The minimum absolute atomic E-state index is 0.216. The lowest BCUT2D eigenvalue weighted by atomic mass is 9.87. The van der Waals surface area contributed by atoms with Crippen LogP contribution in [0.25, 0.3) is 22.3 Å². The van der Waals surface area contributed by atoms with Crippen LogP contribution >= 0.6 is 7.60 Å². The first-order valence-electron chi connectivity index (χ1n) is 23.4. The second kappa shape index (κ2) is 14.3. The molecule has 328 valence electrons. The van der Waals surface area contributed by atoms with Gasteiger partial charge < -0.3 is 9.05 Å². The fraction of sp³-hybridized carbons (Fsp3) is 0.241. The van der Waals surface area contributed by atoms with Crippen molar-refractivity contribution in [3.05, 3.63) is 221 Å². The molecular weight excluding hydrogens is 832 g/mol. The number of rotatable bonds is 10. The Morgan fingerprint density at radius 3 is 1.58 bits per heavy atom. The molecule has 7 nitrogen and oxygen atoms in total. The van der Waals surface area contributed by atoms with Gasteiger partial charge >= 0.3 is 13.5 Å². The second-order valence-corrected chi connectivity index (χ2v) is 21.1. The second-order valence-electron chi connectivity index (χ2n) is 19.0. The zero-order valence-electron chi connectivity index (χ0n) is 39.6. The average molecular weight is 887 g/mol. The van der Waals surface area contributed by atoms with E-state index in [2.05, 4.69) is 189 Å². The monoisotopic (exact) mass is 886 g/mol. The highest BCUT2D eigenvalue weighted by molar-refractivity contribution is 7.53. The summed E-state index contributed by atoms with van der Waals surface area (Å²) in [4.78, 5) is 0. The van der Waals surface area contributed by atoms with Crippen molar-refractivity contribution in [2.45, 2.75) is 81.3 Å². The SMILES string of the molecule is CCOP(=O)(Cc1ccc(C2=c3ccc4n3[C@@]35n6c(ccc6C(c6c(C)cc(C)cc6C)=C6C=CC(=[N+]63)C=4c3c(C)cc(C)cc3C)C(c3ccc(C)cc3C)=C3C=CC2=[N+]35)cc1)OCC. The van der Waals surface area contributed by atoms with Gasteiger partial charge in [-0.1, -0.05) is 92.6 Å². The smallest absolute Gasteiger partial charge is 0.309 e. The van der Waals surface area contributed by atoms with Crippen LogP contribution in [0, 0.1) is 55.4 Å². The maximum Gasteiger partial charge on any atom is 0.553 e. The molecule has 0 bridgehead atoms. The Morgan fingerprint density at radius 1 is 0.515 bits per heavy atom. The van der Waals surface area contributed by atoms with Crippen molar-refractivity contribution in [3.63, 3.8) is 0 Å². The van der Waals surface area contributed by atoms with Crippen LogP contribution in [0.15, 0.2) is 127 Å². The van der Waals surface area contributed by atoms with E-state index >= 15 is 0 Å². The molecule has 1 spiro atoms. The van der Waals surface area contributed by atoms with Gasteiger partial charge in [-0.3, -0.25) is 4.57 Å². The molecule has 4 aromatic carbocycles. The number of aryl methyl sites for hydroxylation is 8. The zero-order chi connectivity index (χ0) is 45.7. The Balaban J connectivity index is 1.25. The van der Waals surface area contributed by atoms with Gasteiger partial charge in [-0.15, -0.1) is 0 Å². The molecule has 8 heterocycles. The number of aromatic nitrogens is 2. The number of nitrogens with zero attached hydrogens (tertiary/aromatic N) is 4. The first kappa shape index (κ1) is 41.1. The van der Waals surface area contributed by atoms with Gasteiger partial charge in [0.25, 0.3) is 0 Å². The summed E-state index contributed by atoms with van der Waals surface area (Å²) >= 11 is 0. The first-order valence-corrected chi connectivity index (χ1v) is 25.1. The highest BCUT2D eigenvalue weighted by Gasteiger charge is 2.73. The maximum atomic E-state index is 13.7. The van der Waals surface area contributed by atoms with Crippen LogP contribution in [0.5, 0.6) is 0 Å². The first-order chi connectivity index (χ1) is 31.8. The molecule has 1 atom stereocenters. The summed E-state index contributed by atoms with van der Waals surface area (Å²) in [7, 11) is -3.30. The van der Waals surface area contributed by atoms with Crippen molar-refractivity contribution in [1.82, 2.24) is 9.13 Å². The van der Waals surface area contributed by atoms with Crippen LogP contribution in [-0.2, 0) is 25.7 Å². The minimum atomic E-state index is -3.30. The van der Waals surface area contributed by atoms with E-state index in [0.717, 1.165) is 27.8 Å². The lowest BCUT2D eigenvalue weighted by Crippen LogP contribution is -2.71. The lowest BCUT2D eigenvalue weighted by molar-refractivity contribution is -0.834. The van der Waals surface area contributed by atoms with Gasteiger partial charge in [-0.05, 0) is 149 Å². The van der Waals surface area contributed by atoms with Crippen LogP contribution in [0.4, 0.5) is 0 Å². The van der Waals surface area contributed by atoms with E-state index in [0.29, 0.717) is 13.2 Å². The molecule has 0 radical (unpaired) electrons. The Kier molecular flexibility index (Phi) is 8.91. The van der Waals surface area contributed by atoms with E-state index in [9.17, 15) is 4.57 Å². The van der Waals surface area contributed by atoms with Gasteiger partial charge in [-0.2, -0.15) is 9.13 Å². The molecule has 12 rings (SSSR count). The van der Waals surface area contributed by atoms with Crippen LogP contribution in [-0.4, -0.2) is 42.9 Å². The summed E-state index contributed by atoms with van der Waals surface area (Å²) in [5.74, 6) is -0.885. The topological polar surface area (TPSA) is 51.4 Å². The molecule has 0 fully saturated rings. The number of hydrogen-bond acceptors (Lipinski definition) is 3. The standard InChI is InChI=1S/C58H55N4O3P/c1-11-64-66(63,65-12-2)32-41-14-16-42(17-15-41)54-44-19-21-46-55(43-18-13-33(3)27-36(43)6)47-22-24-49-57(53-39(9)30-35(5)31-40(53)10)51-26-25-50-56(52-37(7)28-34(4)29-38(52)8)48-23-20-45(54)60(48)58(59(44)46,61(47)49)62(50)51/h13-31H,11-12,32H2,1-10H3/q+2/t58-/m0/s1. The van der Waals surface area contributed by atoms with E-state index in [1.807, 2.05) is 13.8 Å². The summed E-state index contributed by atoms with van der Waals surface area (Å²) in [5, 5.41) is 2.32. The van der Waals surface area contributed by atoms with Crippen molar-refractivity contribution >= 4 is 41.3 Å². The Hall–Kier alpha value is -6.37. The van der Waals surface area contributed by atoms with Gasteiger partial charge in [0.15, 0.2) is 0 Å². The molecule has 0 N–H and O–H groups in total. The average Bonchev–Trinajstić information content (AvgIpc) is 4.08. The summed E-state index contributed by atoms with van der Waals surface area (Å²) in [5.41, 5.74) is 27.8. The van der Waals surface area contributed by atoms with Crippen molar-refractivity contribution in [2.75, 3.05) is 13.2 Å². The molecular formula is C58H55N4O3P+2. The fourth-order valence-corrected chi connectivity index (χ4v) is 14.3. The third kappa shape index (κ3) is 5.36. The molecule has 0 saturated heterocycles. The molecule has 2 aromatic heterocycles. The molecule has 0 aliphatic carbocycles. The predicted molar refractivity (Wildman–Crippen MR) is 266 cm³/mol. The van der Waals surface area contributed by atoms with Crippen LogP contribution in [0.1, 0.15) is 97.6 Å². The highest BCUT2D eigenvalue weighted by Crippen LogP contribution is 2.55. The van der Waals surface area contributed by atoms with Crippen molar-refractivity contribution < 1.29 is 22.8 Å². The minimum Gasteiger partial charge on any atom is -0.309 e. The fourth-order valence-electron chi connectivity index (χ4n) is 12.6. The van der Waals surface area contributed by atoms with Gasteiger partial charge in [0.2, 0.25) is 22.8 Å². The molecule has 0 saturated carbocycles. The van der Waals surface area contributed by atoms with E-state index in [-0.39, 0.29) is 6.16 Å². The Morgan fingerprint density at radius 2 is 1.02 bits per heavy atom. The van der Waals surface area contributed by atoms with Crippen LogP contribution in [0.3, 0.4) is 0 Å². The molecule has 6 aliphatic heterocycles. The Bertz CT molecular complexity index is 3580. The predicted octanol–water partition coefficient (Wildman–Crippen LogP) is 10.7. The van der Waals surface area contributed by atoms with Crippen molar-refractivity contribution in [1.29, 1.82) is 0 Å². The quantitative estimate of drug-likeness (QED) is 0.102. The van der Waals surface area contributed by atoms with Crippen LogP contribution < -0.4 is 10.7 Å². The largest absolute Gasteiger partial charge is 0.553 e. The summed E-state index contributed by atoms with van der Waals surface area (Å²) < 4.78 is 35.9. The number of hydrogen-bond donors (Lipinski definition) is 0. The van der Waals surface area contributed by atoms with Crippen LogP contribution in [0.2, 0.25) is 0 Å². The summed E-state index contributed by atoms with van der Waals surface area (Å²) in [6.07, 6.45) is 9.72. The molecule has 8 heteroatoms. The lowest BCUT2D eigenvalue weighted by Gasteiger charge is -2.41. The summed E-state index contributed by atoms with van der Waals surface area (Å²) in [6.45, 7) is 22.3. The molecule has 6 aromatic rings. The number of benzene rings is 4. The normalized spacial score (nSPS) is 18.5. The maximum absolute atomic E-state index is 13.7.